The fourth-order valence-corrected chi connectivity index (χ4v) is 1.72. The minimum Gasteiger partial charge on any atom is -0.461 e. The zero-order chi connectivity index (χ0) is 12.0. The van der Waals surface area contributed by atoms with E-state index in [1.807, 2.05) is 20.8 Å². The molecule has 4 nitrogen and oxygen atoms in total. The van der Waals surface area contributed by atoms with Crippen LogP contribution in [0.3, 0.4) is 0 Å². The summed E-state index contributed by atoms with van der Waals surface area (Å²) in [6.07, 6.45) is 5.74. The third-order valence-electron chi connectivity index (χ3n) is 2.45. The lowest BCUT2D eigenvalue weighted by Gasteiger charge is -2.23. The van der Waals surface area contributed by atoms with Gasteiger partial charge in [0.2, 0.25) is 0 Å². The molecule has 94 valence electrons. The second-order valence-electron chi connectivity index (χ2n) is 5.29. The third-order valence-corrected chi connectivity index (χ3v) is 2.45. The van der Waals surface area contributed by atoms with Crippen LogP contribution in [0.25, 0.3) is 0 Å². The van der Waals surface area contributed by atoms with E-state index in [-0.39, 0.29) is 24.2 Å². The number of hydrogen-bond acceptors (Lipinski definition) is 4. The molecule has 0 saturated heterocycles. The summed E-state index contributed by atoms with van der Waals surface area (Å²) in [6.45, 7) is 5.89. The molecule has 1 aliphatic carbocycles. The van der Waals surface area contributed by atoms with Gasteiger partial charge in [0.05, 0.1) is 5.60 Å². The molecule has 0 heterocycles. The molecule has 0 aromatic rings. The molecule has 0 aromatic heterocycles. The molecular weight excluding hydrogens is 206 g/mol. The van der Waals surface area contributed by atoms with Gasteiger partial charge in [-0.3, -0.25) is 9.63 Å². The molecule has 0 bridgehead atoms. The summed E-state index contributed by atoms with van der Waals surface area (Å²) in [7, 11) is 0. The molecule has 0 amide bonds. The van der Waals surface area contributed by atoms with Gasteiger partial charge in [-0.2, -0.15) is 5.48 Å². The first-order valence-corrected chi connectivity index (χ1v) is 6.08. The number of hydroxylamine groups is 1. The van der Waals surface area contributed by atoms with Crippen molar-refractivity contribution in [2.75, 3.05) is 6.54 Å². The standard InChI is InChI=1S/C12H23NO3/c1-12(2,3)16-13-9-11(14)15-10-7-5-4-6-8-10/h10,13H,4-9H2,1-3H3. The maximum absolute atomic E-state index is 11.4. The Labute approximate surface area is 97.6 Å². The summed E-state index contributed by atoms with van der Waals surface area (Å²) in [4.78, 5) is 16.7. The molecule has 0 unspecified atom stereocenters. The van der Waals surface area contributed by atoms with E-state index in [2.05, 4.69) is 5.48 Å². The van der Waals surface area contributed by atoms with Crippen LogP contribution in [0.5, 0.6) is 0 Å². The number of ether oxygens (including phenoxy) is 1. The second kappa shape index (κ2) is 6.21. The Morgan fingerprint density at radius 1 is 1.25 bits per heavy atom. The van der Waals surface area contributed by atoms with Crippen molar-refractivity contribution in [1.29, 1.82) is 0 Å². The minimum atomic E-state index is -0.287. The highest BCUT2D eigenvalue weighted by Gasteiger charge is 2.18. The Morgan fingerprint density at radius 2 is 1.88 bits per heavy atom. The van der Waals surface area contributed by atoms with E-state index in [0.29, 0.717) is 0 Å². The van der Waals surface area contributed by atoms with Gasteiger partial charge in [0.25, 0.3) is 0 Å². The van der Waals surface area contributed by atoms with Crippen molar-refractivity contribution >= 4 is 5.97 Å². The van der Waals surface area contributed by atoms with Gasteiger partial charge in [-0.1, -0.05) is 6.42 Å². The third kappa shape index (κ3) is 6.08. The smallest absolute Gasteiger partial charge is 0.322 e. The summed E-state index contributed by atoms with van der Waals surface area (Å²) in [5.74, 6) is -0.226. The highest BCUT2D eigenvalue weighted by molar-refractivity contribution is 5.71. The van der Waals surface area contributed by atoms with E-state index in [4.69, 9.17) is 9.57 Å². The van der Waals surface area contributed by atoms with Gasteiger partial charge in [-0.05, 0) is 46.5 Å². The normalized spacial score (nSPS) is 18.4. The molecule has 0 radical (unpaired) electrons. The zero-order valence-electron chi connectivity index (χ0n) is 10.5. The Morgan fingerprint density at radius 3 is 2.44 bits per heavy atom. The summed E-state index contributed by atoms with van der Waals surface area (Å²) in [6, 6.07) is 0. The lowest BCUT2D eigenvalue weighted by Crippen LogP contribution is -2.34. The van der Waals surface area contributed by atoms with Gasteiger partial charge < -0.3 is 4.74 Å². The van der Waals surface area contributed by atoms with Crippen molar-refractivity contribution in [3.8, 4) is 0 Å². The van der Waals surface area contributed by atoms with Gasteiger partial charge >= 0.3 is 5.97 Å². The quantitative estimate of drug-likeness (QED) is 0.593. The van der Waals surface area contributed by atoms with Crippen molar-refractivity contribution in [2.45, 2.75) is 64.6 Å². The molecule has 0 aromatic carbocycles. The lowest BCUT2D eigenvalue weighted by molar-refractivity contribution is -0.155. The Kier molecular flexibility index (Phi) is 5.22. The van der Waals surface area contributed by atoms with Crippen LogP contribution in [0.2, 0.25) is 0 Å². The van der Waals surface area contributed by atoms with Crippen molar-refractivity contribution < 1.29 is 14.4 Å². The first-order chi connectivity index (χ1) is 7.47. The molecule has 1 fully saturated rings. The lowest BCUT2D eigenvalue weighted by atomic mass is 9.98. The first kappa shape index (κ1) is 13.5. The topological polar surface area (TPSA) is 47.6 Å². The van der Waals surface area contributed by atoms with Crippen LogP contribution in [-0.2, 0) is 14.4 Å². The summed E-state index contributed by atoms with van der Waals surface area (Å²) >= 11 is 0. The Bertz CT molecular complexity index is 217. The number of nitrogens with one attached hydrogen (secondary N) is 1. The van der Waals surface area contributed by atoms with E-state index in [0.717, 1.165) is 12.8 Å². The van der Waals surface area contributed by atoms with E-state index in [1.54, 1.807) is 0 Å². The van der Waals surface area contributed by atoms with Crippen molar-refractivity contribution in [3.63, 3.8) is 0 Å². The fraction of sp³-hybridized carbons (Fsp3) is 0.917. The molecule has 1 N–H and O–H groups in total. The summed E-state index contributed by atoms with van der Waals surface area (Å²) in [5, 5.41) is 0. The average molecular weight is 229 g/mol. The van der Waals surface area contributed by atoms with Crippen molar-refractivity contribution in [2.24, 2.45) is 0 Å². The summed E-state index contributed by atoms with van der Waals surface area (Å²) < 4.78 is 5.32. The number of esters is 1. The highest BCUT2D eigenvalue weighted by Crippen LogP contribution is 2.20. The van der Waals surface area contributed by atoms with Crippen LogP contribution in [0.4, 0.5) is 0 Å². The molecular formula is C12H23NO3. The molecule has 0 atom stereocenters. The predicted octanol–water partition coefficient (Wildman–Crippen LogP) is 2.18. The maximum atomic E-state index is 11.4. The average Bonchev–Trinajstić information content (AvgIpc) is 2.17. The highest BCUT2D eigenvalue weighted by atomic mass is 16.7. The number of carbonyl (C=O) groups excluding carboxylic acids is 1. The molecule has 1 rings (SSSR count). The second-order valence-corrected chi connectivity index (χ2v) is 5.29. The molecule has 16 heavy (non-hydrogen) atoms. The van der Waals surface area contributed by atoms with Gasteiger partial charge in [-0.15, -0.1) is 0 Å². The van der Waals surface area contributed by atoms with Gasteiger partial charge in [0.15, 0.2) is 0 Å². The van der Waals surface area contributed by atoms with Gasteiger partial charge in [-0.25, -0.2) is 0 Å². The van der Waals surface area contributed by atoms with Crippen molar-refractivity contribution in [1.82, 2.24) is 5.48 Å². The Balaban J connectivity index is 2.10. The van der Waals surface area contributed by atoms with E-state index in [1.165, 1.54) is 19.3 Å². The van der Waals surface area contributed by atoms with Crippen LogP contribution in [-0.4, -0.2) is 24.2 Å². The first-order valence-electron chi connectivity index (χ1n) is 6.08. The van der Waals surface area contributed by atoms with Crippen LogP contribution < -0.4 is 5.48 Å². The van der Waals surface area contributed by atoms with Gasteiger partial charge in [0, 0.05) is 0 Å². The SMILES string of the molecule is CC(C)(C)ONCC(=O)OC1CCCCC1. The maximum Gasteiger partial charge on any atom is 0.322 e. The molecule has 4 heteroatoms. The summed E-state index contributed by atoms with van der Waals surface area (Å²) in [5.41, 5.74) is 2.35. The largest absolute Gasteiger partial charge is 0.461 e. The number of rotatable bonds is 4. The molecule has 0 aliphatic heterocycles. The number of hydrogen-bond donors (Lipinski definition) is 1. The minimum absolute atomic E-state index is 0.119. The van der Waals surface area contributed by atoms with E-state index < -0.39 is 0 Å². The van der Waals surface area contributed by atoms with Crippen LogP contribution >= 0.6 is 0 Å². The molecule has 1 aliphatic rings. The van der Waals surface area contributed by atoms with Crippen LogP contribution in [0.1, 0.15) is 52.9 Å². The predicted molar refractivity (Wildman–Crippen MR) is 61.8 cm³/mol. The monoisotopic (exact) mass is 229 g/mol. The van der Waals surface area contributed by atoms with Crippen LogP contribution in [0, 0.1) is 0 Å². The molecule has 0 spiro atoms. The number of carbonyl (C=O) groups is 1. The zero-order valence-corrected chi connectivity index (χ0v) is 10.5. The van der Waals surface area contributed by atoms with E-state index >= 15 is 0 Å². The van der Waals surface area contributed by atoms with E-state index in [9.17, 15) is 4.79 Å². The van der Waals surface area contributed by atoms with Crippen LogP contribution in [0.15, 0.2) is 0 Å². The fourth-order valence-electron chi connectivity index (χ4n) is 1.72. The van der Waals surface area contributed by atoms with Crippen molar-refractivity contribution in [3.05, 3.63) is 0 Å². The Hall–Kier alpha value is -0.610. The van der Waals surface area contributed by atoms with Gasteiger partial charge in [0.1, 0.15) is 12.6 Å². The molecule has 1 saturated carbocycles.